The van der Waals surface area contributed by atoms with Gasteiger partial charge in [-0.3, -0.25) is 9.59 Å². The van der Waals surface area contributed by atoms with E-state index in [1.165, 1.54) is 6.92 Å². The van der Waals surface area contributed by atoms with Gasteiger partial charge in [-0.2, -0.15) is 0 Å². The highest BCUT2D eigenvalue weighted by atomic mass is 16.5. The summed E-state index contributed by atoms with van der Waals surface area (Å²) in [5.74, 6) is -0.0499. The number of hydrogen-bond donors (Lipinski definition) is 2. The summed E-state index contributed by atoms with van der Waals surface area (Å²) in [4.78, 5) is 23.8. The van der Waals surface area contributed by atoms with E-state index in [-0.39, 0.29) is 11.7 Å². The smallest absolute Gasteiger partial charge is 0.220 e. The number of amides is 1. The number of hydrogen-bond acceptors (Lipinski definition) is 4. The van der Waals surface area contributed by atoms with Gasteiger partial charge in [0, 0.05) is 20.1 Å². The van der Waals surface area contributed by atoms with Crippen molar-refractivity contribution in [3.05, 3.63) is 35.9 Å². The van der Waals surface area contributed by atoms with Crippen molar-refractivity contribution in [2.75, 3.05) is 26.8 Å². The summed E-state index contributed by atoms with van der Waals surface area (Å²) >= 11 is 0. The van der Waals surface area contributed by atoms with Crippen LogP contribution in [0.3, 0.4) is 0 Å². The summed E-state index contributed by atoms with van der Waals surface area (Å²) in [6.45, 7) is 4.24. The zero-order valence-electron chi connectivity index (χ0n) is 15.6. The van der Waals surface area contributed by atoms with Gasteiger partial charge in [-0.1, -0.05) is 30.3 Å². The van der Waals surface area contributed by atoms with E-state index in [1.54, 1.807) is 7.11 Å². The molecule has 0 heterocycles. The van der Waals surface area contributed by atoms with Crippen LogP contribution in [0.15, 0.2) is 30.3 Å². The molecule has 5 heteroatoms. The Hall–Kier alpha value is -1.72. The van der Waals surface area contributed by atoms with Crippen LogP contribution in [0.1, 0.15) is 44.6 Å². The number of nitrogens with one attached hydrogen (secondary N) is 2. The number of ether oxygens (including phenoxy) is 1. The fourth-order valence-electron chi connectivity index (χ4n) is 2.57. The molecule has 5 nitrogen and oxygen atoms in total. The number of unbranched alkanes of at least 4 members (excludes halogenated alkanes) is 2. The van der Waals surface area contributed by atoms with Crippen molar-refractivity contribution in [1.29, 1.82) is 0 Å². The third-order valence-corrected chi connectivity index (χ3v) is 4.07. The van der Waals surface area contributed by atoms with Crippen LogP contribution in [0.4, 0.5) is 0 Å². The summed E-state index contributed by atoms with van der Waals surface area (Å²) in [5, 5.41) is 6.24. The van der Waals surface area contributed by atoms with Crippen molar-refractivity contribution in [3.8, 4) is 0 Å². The van der Waals surface area contributed by atoms with Gasteiger partial charge in [-0.05, 0) is 57.7 Å². The molecule has 2 N–H and O–H groups in total. The van der Waals surface area contributed by atoms with Gasteiger partial charge in [-0.15, -0.1) is 0 Å². The van der Waals surface area contributed by atoms with Crippen LogP contribution in [0.2, 0.25) is 0 Å². The first kappa shape index (κ1) is 21.3. The molecule has 1 atom stereocenters. The van der Waals surface area contributed by atoms with E-state index in [4.69, 9.17) is 4.74 Å². The molecule has 1 aromatic rings. The van der Waals surface area contributed by atoms with Gasteiger partial charge >= 0.3 is 0 Å². The van der Waals surface area contributed by atoms with Crippen molar-refractivity contribution < 1.29 is 14.3 Å². The fourth-order valence-corrected chi connectivity index (χ4v) is 2.57. The summed E-state index contributed by atoms with van der Waals surface area (Å²) in [7, 11) is 1.72. The second-order valence-electron chi connectivity index (χ2n) is 6.33. The first-order chi connectivity index (χ1) is 12.1. The molecule has 25 heavy (non-hydrogen) atoms. The van der Waals surface area contributed by atoms with Crippen LogP contribution < -0.4 is 10.6 Å². The molecule has 0 saturated carbocycles. The Kier molecular flexibility index (Phi) is 11.6. The summed E-state index contributed by atoms with van der Waals surface area (Å²) in [6.07, 6.45) is 4.97. The standard InChI is InChI=1S/C20H32N2O3/c1-17(23)19(16-18-10-4-3-5-11-18)22-20(24)12-6-7-13-21-14-8-9-15-25-2/h3-5,10-11,19,21H,6-9,12-16H2,1-2H3,(H,22,24). The Labute approximate surface area is 151 Å². The lowest BCUT2D eigenvalue weighted by Gasteiger charge is -2.16. The molecule has 0 saturated heterocycles. The zero-order valence-corrected chi connectivity index (χ0v) is 15.6. The lowest BCUT2D eigenvalue weighted by molar-refractivity contribution is -0.126. The van der Waals surface area contributed by atoms with E-state index >= 15 is 0 Å². The van der Waals surface area contributed by atoms with E-state index < -0.39 is 6.04 Å². The quantitative estimate of drug-likeness (QED) is 0.507. The third-order valence-electron chi connectivity index (χ3n) is 4.07. The second-order valence-corrected chi connectivity index (χ2v) is 6.33. The molecule has 0 aliphatic heterocycles. The number of ketones is 1. The summed E-state index contributed by atoms with van der Waals surface area (Å²) in [5.41, 5.74) is 1.06. The molecular formula is C20H32N2O3. The zero-order chi connectivity index (χ0) is 18.3. The number of benzene rings is 1. The minimum atomic E-state index is -0.436. The molecule has 1 rings (SSSR count). The number of methoxy groups -OCH3 is 1. The molecule has 0 fully saturated rings. The van der Waals surface area contributed by atoms with Gasteiger partial charge in [0.25, 0.3) is 0 Å². The highest BCUT2D eigenvalue weighted by Gasteiger charge is 2.17. The molecule has 0 aromatic heterocycles. The van der Waals surface area contributed by atoms with Crippen LogP contribution >= 0.6 is 0 Å². The Bertz CT molecular complexity index is 491. The van der Waals surface area contributed by atoms with Crippen LogP contribution in [-0.2, 0) is 20.7 Å². The maximum Gasteiger partial charge on any atom is 0.220 e. The Morgan fingerprint density at radius 2 is 1.72 bits per heavy atom. The largest absolute Gasteiger partial charge is 0.385 e. The normalized spacial score (nSPS) is 11.9. The van der Waals surface area contributed by atoms with Crippen molar-refractivity contribution in [1.82, 2.24) is 10.6 Å². The van der Waals surface area contributed by atoms with Gasteiger partial charge in [-0.25, -0.2) is 0 Å². The van der Waals surface area contributed by atoms with E-state index in [9.17, 15) is 9.59 Å². The SMILES string of the molecule is COCCCCNCCCCC(=O)NC(Cc1ccccc1)C(C)=O. The van der Waals surface area contributed by atoms with Crippen molar-refractivity contribution in [2.24, 2.45) is 0 Å². The van der Waals surface area contributed by atoms with E-state index in [1.807, 2.05) is 30.3 Å². The van der Waals surface area contributed by atoms with Crippen LogP contribution in [0, 0.1) is 0 Å². The van der Waals surface area contributed by atoms with Crippen LogP contribution in [-0.4, -0.2) is 44.5 Å². The summed E-state index contributed by atoms with van der Waals surface area (Å²) in [6, 6.07) is 9.33. The van der Waals surface area contributed by atoms with E-state index in [0.717, 1.165) is 50.9 Å². The average Bonchev–Trinajstić information content (AvgIpc) is 2.60. The topological polar surface area (TPSA) is 67.4 Å². The van der Waals surface area contributed by atoms with Gasteiger partial charge in [0.2, 0.25) is 5.91 Å². The highest BCUT2D eigenvalue weighted by molar-refractivity contribution is 5.87. The monoisotopic (exact) mass is 348 g/mol. The highest BCUT2D eigenvalue weighted by Crippen LogP contribution is 2.05. The van der Waals surface area contributed by atoms with Gasteiger partial charge in [0.05, 0.1) is 6.04 Å². The molecular weight excluding hydrogens is 316 g/mol. The third kappa shape index (κ3) is 10.7. The molecule has 0 aliphatic rings. The van der Waals surface area contributed by atoms with Crippen LogP contribution in [0.25, 0.3) is 0 Å². The number of carbonyl (C=O) groups excluding carboxylic acids is 2. The first-order valence-electron chi connectivity index (χ1n) is 9.17. The number of carbonyl (C=O) groups is 2. The van der Waals surface area contributed by atoms with Gasteiger partial charge < -0.3 is 15.4 Å². The molecule has 0 radical (unpaired) electrons. The summed E-state index contributed by atoms with van der Waals surface area (Å²) < 4.78 is 5.00. The predicted octanol–water partition coefficient (Wildman–Crippen LogP) is 2.49. The molecule has 0 spiro atoms. The van der Waals surface area contributed by atoms with Crippen LogP contribution in [0.5, 0.6) is 0 Å². The Morgan fingerprint density at radius 3 is 2.36 bits per heavy atom. The maximum absolute atomic E-state index is 12.1. The first-order valence-corrected chi connectivity index (χ1v) is 9.17. The van der Waals surface area contributed by atoms with E-state index in [0.29, 0.717) is 12.8 Å². The molecule has 0 bridgehead atoms. The molecule has 1 aromatic carbocycles. The van der Waals surface area contributed by atoms with Crippen molar-refractivity contribution in [3.63, 3.8) is 0 Å². The fraction of sp³-hybridized carbons (Fsp3) is 0.600. The molecule has 1 amide bonds. The van der Waals surface area contributed by atoms with Crippen molar-refractivity contribution >= 4 is 11.7 Å². The molecule has 140 valence electrons. The molecule has 0 aliphatic carbocycles. The second kappa shape index (κ2) is 13.6. The molecule has 1 unspecified atom stereocenters. The minimum Gasteiger partial charge on any atom is -0.385 e. The minimum absolute atomic E-state index is 0.00470. The Morgan fingerprint density at radius 1 is 1.04 bits per heavy atom. The predicted molar refractivity (Wildman–Crippen MR) is 101 cm³/mol. The number of rotatable bonds is 14. The lowest BCUT2D eigenvalue weighted by atomic mass is 10.0. The van der Waals surface area contributed by atoms with Gasteiger partial charge in [0.1, 0.15) is 0 Å². The number of Topliss-reactive ketones (excluding diaryl/α,β-unsaturated/α-hetero) is 1. The van der Waals surface area contributed by atoms with E-state index in [2.05, 4.69) is 10.6 Å². The maximum atomic E-state index is 12.1. The Balaban J connectivity index is 2.15. The van der Waals surface area contributed by atoms with Crippen molar-refractivity contribution in [2.45, 2.75) is 51.5 Å². The lowest BCUT2D eigenvalue weighted by Crippen LogP contribution is -2.41. The average molecular weight is 348 g/mol. The van der Waals surface area contributed by atoms with Gasteiger partial charge in [0.15, 0.2) is 5.78 Å².